The molecule has 1 heterocycles. The van der Waals surface area contributed by atoms with E-state index >= 15 is 0 Å². The molecule has 18 heavy (non-hydrogen) atoms. The molecule has 1 saturated heterocycles. The summed E-state index contributed by atoms with van der Waals surface area (Å²) >= 11 is 1.07. The van der Waals surface area contributed by atoms with Gasteiger partial charge in [-0.25, -0.2) is 0 Å². The summed E-state index contributed by atoms with van der Waals surface area (Å²) in [6.45, 7) is 0. The number of anilines is 1. The Balaban J connectivity index is 2.05. The first-order chi connectivity index (χ1) is 8.56. The maximum atomic E-state index is 11.8. The Morgan fingerprint density at radius 2 is 2.22 bits per heavy atom. The highest BCUT2D eigenvalue weighted by molar-refractivity contribution is 8.14. The molecule has 2 rings (SSSR count). The molecule has 0 aromatic heterocycles. The summed E-state index contributed by atoms with van der Waals surface area (Å²) in [6.07, 6.45) is 0. The van der Waals surface area contributed by atoms with E-state index in [1.807, 2.05) is 0 Å². The highest BCUT2D eigenvalue weighted by atomic mass is 32.2. The Morgan fingerprint density at radius 3 is 2.83 bits per heavy atom. The number of hydrogen-bond donors (Lipinski definition) is 3. The van der Waals surface area contributed by atoms with Gasteiger partial charge in [0.1, 0.15) is 6.04 Å². The maximum Gasteiger partial charge on any atom is 0.279 e. The van der Waals surface area contributed by atoms with Crippen molar-refractivity contribution in [2.45, 2.75) is 6.04 Å². The average Bonchev–Trinajstić information content (AvgIpc) is 2.76. The van der Waals surface area contributed by atoms with E-state index in [2.05, 4.69) is 10.6 Å². The van der Waals surface area contributed by atoms with Crippen molar-refractivity contribution in [2.24, 2.45) is 5.73 Å². The predicted octanol–water partition coefficient (Wildman–Crippen LogP) is 0.549. The van der Waals surface area contributed by atoms with Crippen molar-refractivity contribution in [3.63, 3.8) is 0 Å². The van der Waals surface area contributed by atoms with Crippen molar-refractivity contribution in [3.8, 4) is 0 Å². The third-order valence-corrected chi connectivity index (χ3v) is 3.28. The number of carbonyl (C=O) groups excluding carboxylic acids is 3. The first-order valence-electron chi connectivity index (χ1n) is 5.20. The van der Waals surface area contributed by atoms with Crippen molar-refractivity contribution in [1.29, 1.82) is 0 Å². The molecule has 1 atom stereocenters. The molecule has 0 spiro atoms. The largest absolute Gasteiger partial charge is 0.366 e. The summed E-state index contributed by atoms with van der Waals surface area (Å²) in [7, 11) is 0. The quantitative estimate of drug-likeness (QED) is 0.742. The summed E-state index contributed by atoms with van der Waals surface area (Å²) in [6, 6.07) is 5.78. The second-order valence-electron chi connectivity index (χ2n) is 3.73. The molecule has 1 aliphatic heterocycles. The SMILES string of the molecule is NC(=O)c1cccc(NC(=O)[C@H]2CSC(=O)N2)c1. The fourth-order valence-corrected chi connectivity index (χ4v) is 2.28. The van der Waals surface area contributed by atoms with Crippen LogP contribution in [0.25, 0.3) is 0 Å². The van der Waals surface area contributed by atoms with Gasteiger partial charge < -0.3 is 16.4 Å². The van der Waals surface area contributed by atoms with Crippen LogP contribution in [0.5, 0.6) is 0 Å². The topological polar surface area (TPSA) is 101 Å². The van der Waals surface area contributed by atoms with Gasteiger partial charge in [-0.3, -0.25) is 14.4 Å². The summed E-state index contributed by atoms with van der Waals surface area (Å²) < 4.78 is 0. The average molecular weight is 265 g/mol. The third-order valence-electron chi connectivity index (χ3n) is 2.40. The summed E-state index contributed by atoms with van der Waals surface area (Å²) in [5.74, 6) is -0.467. The van der Waals surface area contributed by atoms with E-state index < -0.39 is 11.9 Å². The molecular formula is C11H11N3O3S. The van der Waals surface area contributed by atoms with Crippen LogP contribution in [0.3, 0.4) is 0 Å². The molecule has 3 amide bonds. The van der Waals surface area contributed by atoms with Crippen molar-refractivity contribution >= 4 is 34.5 Å². The molecule has 0 bridgehead atoms. The number of carbonyl (C=O) groups is 3. The minimum atomic E-state index is -0.559. The van der Waals surface area contributed by atoms with Gasteiger partial charge in [0.05, 0.1) is 0 Å². The summed E-state index contributed by atoms with van der Waals surface area (Å²) in [4.78, 5) is 33.7. The smallest absolute Gasteiger partial charge is 0.279 e. The molecule has 4 N–H and O–H groups in total. The van der Waals surface area contributed by atoms with Crippen LogP contribution in [0.2, 0.25) is 0 Å². The highest BCUT2D eigenvalue weighted by Crippen LogP contribution is 2.16. The van der Waals surface area contributed by atoms with Crippen LogP contribution < -0.4 is 16.4 Å². The number of benzene rings is 1. The van der Waals surface area contributed by atoms with E-state index in [0.29, 0.717) is 17.0 Å². The molecule has 0 unspecified atom stereocenters. The molecule has 94 valence electrons. The van der Waals surface area contributed by atoms with Crippen molar-refractivity contribution in [2.75, 3.05) is 11.1 Å². The number of nitrogens with one attached hydrogen (secondary N) is 2. The van der Waals surface area contributed by atoms with Crippen LogP contribution in [0, 0.1) is 0 Å². The Morgan fingerprint density at radius 1 is 1.44 bits per heavy atom. The summed E-state index contributed by atoms with van der Waals surface area (Å²) in [5.41, 5.74) is 5.93. The van der Waals surface area contributed by atoms with E-state index in [4.69, 9.17) is 5.73 Å². The zero-order valence-electron chi connectivity index (χ0n) is 9.30. The van der Waals surface area contributed by atoms with Gasteiger partial charge in [0.25, 0.3) is 5.24 Å². The molecule has 0 aliphatic carbocycles. The lowest BCUT2D eigenvalue weighted by Crippen LogP contribution is -2.38. The second-order valence-corrected chi connectivity index (χ2v) is 4.72. The number of rotatable bonds is 3. The minimum absolute atomic E-state index is 0.207. The standard InChI is InChI=1S/C11H11N3O3S/c12-9(15)6-2-1-3-7(4-6)13-10(16)8-5-18-11(17)14-8/h1-4,8H,5H2,(H2,12,15)(H,13,16)(H,14,17)/t8-/m1/s1. The van der Waals surface area contributed by atoms with Gasteiger partial charge in [0, 0.05) is 17.0 Å². The zero-order valence-corrected chi connectivity index (χ0v) is 10.1. The number of primary amides is 1. The predicted molar refractivity (Wildman–Crippen MR) is 68.4 cm³/mol. The zero-order chi connectivity index (χ0) is 13.1. The highest BCUT2D eigenvalue weighted by Gasteiger charge is 2.27. The lowest BCUT2D eigenvalue weighted by Gasteiger charge is -2.10. The maximum absolute atomic E-state index is 11.8. The van der Waals surface area contributed by atoms with Crippen LogP contribution in [0.15, 0.2) is 24.3 Å². The normalized spacial score (nSPS) is 18.2. The number of amides is 3. The third kappa shape index (κ3) is 2.80. The Kier molecular flexibility index (Phi) is 3.52. The number of thioether (sulfide) groups is 1. The van der Waals surface area contributed by atoms with Gasteiger partial charge in [0.15, 0.2) is 0 Å². The first-order valence-corrected chi connectivity index (χ1v) is 6.19. The lowest BCUT2D eigenvalue weighted by molar-refractivity contribution is -0.117. The van der Waals surface area contributed by atoms with E-state index in [1.165, 1.54) is 6.07 Å². The lowest BCUT2D eigenvalue weighted by atomic mass is 10.2. The van der Waals surface area contributed by atoms with Crippen LogP contribution in [-0.4, -0.2) is 28.8 Å². The number of nitrogens with two attached hydrogens (primary N) is 1. The van der Waals surface area contributed by atoms with Gasteiger partial charge in [-0.05, 0) is 18.2 Å². The molecule has 0 saturated carbocycles. The molecule has 7 heteroatoms. The van der Waals surface area contributed by atoms with Gasteiger partial charge >= 0.3 is 0 Å². The van der Waals surface area contributed by atoms with E-state index in [9.17, 15) is 14.4 Å². The van der Waals surface area contributed by atoms with Crippen molar-refractivity contribution in [1.82, 2.24) is 5.32 Å². The van der Waals surface area contributed by atoms with Gasteiger partial charge in [0.2, 0.25) is 11.8 Å². The van der Waals surface area contributed by atoms with Crippen LogP contribution in [0.4, 0.5) is 10.5 Å². The van der Waals surface area contributed by atoms with Crippen LogP contribution in [-0.2, 0) is 4.79 Å². The van der Waals surface area contributed by atoms with Crippen LogP contribution in [0.1, 0.15) is 10.4 Å². The van der Waals surface area contributed by atoms with Gasteiger partial charge in [-0.15, -0.1) is 0 Å². The van der Waals surface area contributed by atoms with E-state index in [-0.39, 0.29) is 11.1 Å². The molecule has 6 nitrogen and oxygen atoms in total. The monoisotopic (exact) mass is 265 g/mol. The second kappa shape index (κ2) is 5.09. The fraction of sp³-hybridized carbons (Fsp3) is 0.182. The molecule has 1 fully saturated rings. The Labute approximate surface area is 107 Å². The van der Waals surface area contributed by atoms with Crippen LogP contribution >= 0.6 is 11.8 Å². The summed E-state index contributed by atoms with van der Waals surface area (Å²) in [5, 5.41) is 4.95. The van der Waals surface area contributed by atoms with Crippen molar-refractivity contribution < 1.29 is 14.4 Å². The molecule has 1 aromatic carbocycles. The number of hydrogen-bond acceptors (Lipinski definition) is 4. The van der Waals surface area contributed by atoms with Gasteiger partial charge in [-0.1, -0.05) is 17.8 Å². The van der Waals surface area contributed by atoms with E-state index in [0.717, 1.165) is 11.8 Å². The molecule has 1 aliphatic rings. The van der Waals surface area contributed by atoms with Crippen molar-refractivity contribution in [3.05, 3.63) is 29.8 Å². The van der Waals surface area contributed by atoms with E-state index in [1.54, 1.807) is 18.2 Å². The first kappa shape index (κ1) is 12.4. The minimum Gasteiger partial charge on any atom is -0.366 e. The van der Waals surface area contributed by atoms with Gasteiger partial charge in [-0.2, -0.15) is 0 Å². The Bertz CT molecular complexity index is 518. The molecule has 1 aromatic rings. The fourth-order valence-electron chi connectivity index (χ4n) is 1.51. The molecule has 0 radical (unpaired) electrons. The Hall–Kier alpha value is -2.02. The molecular weight excluding hydrogens is 254 g/mol.